The summed E-state index contributed by atoms with van der Waals surface area (Å²) in [5, 5.41) is 5.31. The lowest BCUT2D eigenvalue weighted by Gasteiger charge is -2.02. The zero-order valence-corrected chi connectivity index (χ0v) is 7.27. The van der Waals surface area contributed by atoms with Gasteiger partial charge in [0.05, 0.1) is 6.26 Å². The third-order valence-corrected chi connectivity index (χ3v) is 1.51. The Morgan fingerprint density at radius 2 is 2.42 bits per heavy atom. The second kappa shape index (κ2) is 3.87. The van der Waals surface area contributed by atoms with Crippen LogP contribution in [-0.2, 0) is 0 Å². The van der Waals surface area contributed by atoms with Crippen LogP contribution >= 0.6 is 12.2 Å². The van der Waals surface area contributed by atoms with Gasteiger partial charge in [-0.05, 0) is 24.4 Å². The Morgan fingerprint density at radius 1 is 1.67 bits per heavy atom. The summed E-state index contributed by atoms with van der Waals surface area (Å²) in [7, 11) is 1.63. The van der Waals surface area contributed by atoms with Gasteiger partial charge in [-0.2, -0.15) is 0 Å². The number of rotatable bonds is 1. The summed E-state index contributed by atoms with van der Waals surface area (Å²) in [6.45, 7) is 0. The molecule has 0 aliphatic carbocycles. The number of hydrogen-bond acceptors (Lipinski definition) is 3. The van der Waals surface area contributed by atoms with Crippen molar-refractivity contribution in [1.29, 1.82) is 0 Å². The molecule has 0 aliphatic rings. The van der Waals surface area contributed by atoms with Crippen molar-refractivity contribution in [2.24, 2.45) is 0 Å². The van der Waals surface area contributed by atoms with Crippen molar-refractivity contribution in [3.05, 3.63) is 24.2 Å². The molecule has 0 saturated carbocycles. The molecule has 5 heteroatoms. The largest absolute Gasteiger partial charge is 0.459 e. The van der Waals surface area contributed by atoms with Gasteiger partial charge in [0.1, 0.15) is 0 Å². The van der Waals surface area contributed by atoms with Gasteiger partial charge in [0.25, 0.3) is 5.91 Å². The highest BCUT2D eigenvalue weighted by Gasteiger charge is 2.08. The van der Waals surface area contributed by atoms with Gasteiger partial charge in [-0.1, -0.05) is 0 Å². The van der Waals surface area contributed by atoms with Crippen LogP contribution in [0.2, 0.25) is 0 Å². The molecule has 2 N–H and O–H groups in total. The van der Waals surface area contributed by atoms with E-state index in [0.717, 1.165) is 0 Å². The minimum atomic E-state index is -0.348. The fraction of sp³-hybridized carbons (Fsp3) is 0.143. The van der Waals surface area contributed by atoms with Gasteiger partial charge < -0.3 is 9.73 Å². The minimum Gasteiger partial charge on any atom is -0.459 e. The fourth-order valence-corrected chi connectivity index (χ4v) is 0.728. The number of hydrogen-bond donors (Lipinski definition) is 2. The molecule has 0 saturated heterocycles. The van der Waals surface area contributed by atoms with Crippen LogP contribution in [0.1, 0.15) is 10.6 Å². The third-order valence-electron chi connectivity index (χ3n) is 1.20. The van der Waals surface area contributed by atoms with Crippen LogP contribution in [0.15, 0.2) is 22.8 Å². The molecule has 0 radical (unpaired) electrons. The fourth-order valence-electron chi connectivity index (χ4n) is 0.635. The molecule has 1 aromatic rings. The van der Waals surface area contributed by atoms with Gasteiger partial charge in [-0.15, -0.1) is 0 Å². The zero-order chi connectivity index (χ0) is 8.97. The average Bonchev–Trinajstić information content (AvgIpc) is 2.56. The van der Waals surface area contributed by atoms with Crippen LogP contribution in [0, 0.1) is 0 Å². The van der Waals surface area contributed by atoms with Crippen molar-refractivity contribution in [2.45, 2.75) is 0 Å². The molecule has 0 fully saturated rings. The first-order chi connectivity index (χ1) is 5.74. The highest BCUT2D eigenvalue weighted by molar-refractivity contribution is 7.80. The standard InChI is InChI=1S/C7H8N2O2S/c1-8-7(12)9-6(10)5-3-2-4-11-5/h2-4H,1H3,(H2,8,9,10,12). The molecule has 4 nitrogen and oxygen atoms in total. The summed E-state index contributed by atoms with van der Waals surface area (Å²) in [5.74, 6) is -0.105. The Hall–Kier alpha value is -1.36. The number of carbonyl (C=O) groups is 1. The van der Waals surface area contributed by atoms with E-state index < -0.39 is 0 Å². The lowest BCUT2D eigenvalue weighted by Crippen LogP contribution is -2.36. The van der Waals surface area contributed by atoms with Crippen LogP contribution in [0.3, 0.4) is 0 Å². The first-order valence-electron chi connectivity index (χ1n) is 3.30. The molecular formula is C7H8N2O2S. The van der Waals surface area contributed by atoms with Crippen LogP contribution in [0.4, 0.5) is 0 Å². The molecule has 1 rings (SSSR count). The average molecular weight is 184 g/mol. The number of furan rings is 1. The van der Waals surface area contributed by atoms with E-state index in [1.165, 1.54) is 6.26 Å². The highest BCUT2D eigenvalue weighted by Crippen LogP contribution is 1.98. The Kier molecular flexibility index (Phi) is 2.82. The molecule has 0 atom stereocenters. The topological polar surface area (TPSA) is 54.3 Å². The lowest BCUT2D eigenvalue weighted by atomic mass is 10.4. The van der Waals surface area contributed by atoms with E-state index in [1.807, 2.05) is 0 Å². The Balaban J connectivity index is 2.56. The van der Waals surface area contributed by atoms with Crippen molar-refractivity contribution >= 4 is 23.2 Å². The number of amides is 1. The van der Waals surface area contributed by atoms with E-state index in [1.54, 1.807) is 19.2 Å². The maximum Gasteiger partial charge on any atom is 0.293 e. The highest BCUT2D eigenvalue weighted by atomic mass is 32.1. The Labute approximate surface area is 74.9 Å². The molecule has 1 aromatic heterocycles. The molecule has 1 heterocycles. The smallest absolute Gasteiger partial charge is 0.293 e. The maximum absolute atomic E-state index is 11.1. The predicted molar refractivity (Wildman–Crippen MR) is 47.8 cm³/mol. The minimum absolute atomic E-state index is 0.243. The number of carbonyl (C=O) groups excluding carboxylic acids is 1. The molecule has 0 aromatic carbocycles. The number of thiocarbonyl (C=S) groups is 1. The number of nitrogens with one attached hydrogen (secondary N) is 2. The van der Waals surface area contributed by atoms with E-state index in [9.17, 15) is 4.79 Å². The maximum atomic E-state index is 11.1. The first-order valence-corrected chi connectivity index (χ1v) is 3.71. The van der Waals surface area contributed by atoms with Gasteiger partial charge >= 0.3 is 0 Å². The SMILES string of the molecule is CNC(=S)NC(=O)c1ccco1. The molecular weight excluding hydrogens is 176 g/mol. The van der Waals surface area contributed by atoms with E-state index in [0.29, 0.717) is 0 Å². The normalized spacial score (nSPS) is 9.08. The molecule has 0 bridgehead atoms. The quantitative estimate of drug-likeness (QED) is 0.624. The van der Waals surface area contributed by atoms with Crippen molar-refractivity contribution in [2.75, 3.05) is 7.05 Å². The predicted octanol–water partition coefficient (Wildman–Crippen LogP) is 0.514. The van der Waals surface area contributed by atoms with Gasteiger partial charge in [0.2, 0.25) is 0 Å². The van der Waals surface area contributed by atoms with Gasteiger partial charge in [-0.3, -0.25) is 10.1 Å². The van der Waals surface area contributed by atoms with Crippen molar-refractivity contribution in [3.63, 3.8) is 0 Å². The third kappa shape index (κ3) is 2.06. The Morgan fingerprint density at radius 3 is 2.92 bits per heavy atom. The summed E-state index contributed by atoms with van der Waals surface area (Å²) < 4.78 is 4.84. The summed E-state index contributed by atoms with van der Waals surface area (Å²) in [5.41, 5.74) is 0. The molecule has 0 spiro atoms. The van der Waals surface area contributed by atoms with E-state index in [-0.39, 0.29) is 16.8 Å². The van der Waals surface area contributed by atoms with E-state index >= 15 is 0 Å². The Bertz CT molecular complexity index is 282. The molecule has 1 amide bonds. The molecule has 0 aliphatic heterocycles. The summed E-state index contributed by atoms with van der Waals surface area (Å²) in [4.78, 5) is 11.1. The van der Waals surface area contributed by atoms with Crippen LogP contribution in [0.5, 0.6) is 0 Å². The van der Waals surface area contributed by atoms with Crippen molar-refractivity contribution in [3.8, 4) is 0 Å². The summed E-state index contributed by atoms with van der Waals surface area (Å²) in [6, 6.07) is 3.20. The summed E-state index contributed by atoms with van der Waals surface area (Å²) in [6.07, 6.45) is 1.43. The second-order valence-corrected chi connectivity index (χ2v) is 2.42. The van der Waals surface area contributed by atoms with Crippen LogP contribution in [0.25, 0.3) is 0 Å². The van der Waals surface area contributed by atoms with Crippen molar-refractivity contribution < 1.29 is 9.21 Å². The lowest BCUT2D eigenvalue weighted by molar-refractivity contribution is 0.0950. The molecule has 12 heavy (non-hydrogen) atoms. The van der Waals surface area contributed by atoms with Crippen LogP contribution in [-0.4, -0.2) is 18.1 Å². The van der Waals surface area contributed by atoms with E-state index in [4.69, 9.17) is 16.6 Å². The first kappa shape index (κ1) is 8.73. The second-order valence-electron chi connectivity index (χ2n) is 2.01. The van der Waals surface area contributed by atoms with Gasteiger partial charge in [0.15, 0.2) is 10.9 Å². The van der Waals surface area contributed by atoms with Gasteiger partial charge in [-0.25, -0.2) is 0 Å². The van der Waals surface area contributed by atoms with Crippen LogP contribution < -0.4 is 10.6 Å². The van der Waals surface area contributed by atoms with Gasteiger partial charge in [0, 0.05) is 7.05 Å². The monoisotopic (exact) mass is 184 g/mol. The van der Waals surface area contributed by atoms with Crippen molar-refractivity contribution in [1.82, 2.24) is 10.6 Å². The zero-order valence-electron chi connectivity index (χ0n) is 6.46. The molecule has 0 unspecified atom stereocenters. The molecule has 64 valence electrons. The summed E-state index contributed by atoms with van der Waals surface area (Å²) >= 11 is 4.72. The van der Waals surface area contributed by atoms with E-state index in [2.05, 4.69) is 10.6 Å².